The Morgan fingerprint density at radius 1 is 1.60 bits per heavy atom. The molecule has 1 aliphatic heterocycles. The molecule has 1 atom stereocenters. The maximum absolute atomic E-state index is 10.7. The number of anilines is 1. The Bertz CT molecular complexity index is 381. The molecule has 1 aromatic rings. The Kier molecular flexibility index (Phi) is 2.55. The van der Waals surface area contributed by atoms with Gasteiger partial charge in [-0.15, -0.1) is 0 Å². The van der Waals surface area contributed by atoms with Crippen molar-refractivity contribution in [2.75, 3.05) is 18.0 Å². The number of aromatic nitrogens is 1. The van der Waals surface area contributed by atoms with Crippen LogP contribution in [0.25, 0.3) is 0 Å². The zero-order valence-corrected chi connectivity index (χ0v) is 8.13. The van der Waals surface area contributed by atoms with E-state index in [9.17, 15) is 9.90 Å². The maximum Gasteiger partial charge on any atom is 0.335 e. The molecule has 0 aromatic carbocycles. The first-order valence-electron chi connectivity index (χ1n) is 4.79. The zero-order chi connectivity index (χ0) is 10.8. The first-order valence-corrected chi connectivity index (χ1v) is 4.79. The zero-order valence-electron chi connectivity index (χ0n) is 8.13. The van der Waals surface area contributed by atoms with Gasteiger partial charge < -0.3 is 15.1 Å². The molecule has 2 heterocycles. The standard InChI is InChI=1S/C10H12N2O3/c13-8-2-4-12(6-8)9-5-7(10(14)15)1-3-11-9/h1,3,5,8,13H,2,4,6H2,(H,14,15)/t8-/m0/s1. The van der Waals surface area contributed by atoms with Crippen LogP contribution < -0.4 is 4.90 Å². The molecule has 1 saturated heterocycles. The quantitative estimate of drug-likeness (QED) is 0.733. The summed E-state index contributed by atoms with van der Waals surface area (Å²) in [7, 11) is 0. The second-order valence-electron chi connectivity index (χ2n) is 3.60. The van der Waals surface area contributed by atoms with Crippen molar-refractivity contribution in [2.45, 2.75) is 12.5 Å². The molecule has 0 saturated carbocycles. The third kappa shape index (κ3) is 2.07. The van der Waals surface area contributed by atoms with E-state index in [0.717, 1.165) is 6.54 Å². The fourth-order valence-corrected chi connectivity index (χ4v) is 1.67. The molecule has 0 amide bonds. The van der Waals surface area contributed by atoms with E-state index in [1.165, 1.54) is 18.3 Å². The maximum atomic E-state index is 10.7. The van der Waals surface area contributed by atoms with E-state index >= 15 is 0 Å². The van der Waals surface area contributed by atoms with Crippen molar-refractivity contribution in [2.24, 2.45) is 0 Å². The lowest BCUT2D eigenvalue weighted by Gasteiger charge is -2.16. The molecule has 2 N–H and O–H groups in total. The molecule has 0 radical (unpaired) electrons. The van der Waals surface area contributed by atoms with Crippen LogP contribution in [0, 0.1) is 0 Å². The van der Waals surface area contributed by atoms with Crippen LogP contribution in [-0.4, -0.2) is 40.4 Å². The van der Waals surface area contributed by atoms with Crippen LogP contribution in [0.5, 0.6) is 0 Å². The third-order valence-corrected chi connectivity index (χ3v) is 2.48. The minimum atomic E-state index is -0.960. The number of pyridine rings is 1. The van der Waals surface area contributed by atoms with Crippen molar-refractivity contribution in [1.29, 1.82) is 0 Å². The summed E-state index contributed by atoms with van der Waals surface area (Å²) in [6, 6.07) is 2.98. The number of carboxylic acids is 1. The van der Waals surface area contributed by atoms with Gasteiger partial charge in [0.25, 0.3) is 0 Å². The SMILES string of the molecule is O=C(O)c1ccnc(N2CC[C@H](O)C2)c1. The van der Waals surface area contributed by atoms with Gasteiger partial charge in [0.15, 0.2) is 0 Å². The van der Waals surface area contributed by atoms with Crippen molar-refractivity contribution in [3.63, 3.8) is 0 Å². The summed E-state index contributed by atoms with van der Waals surface area (Å²) < 4.78 is 0. The molecule has 80 valence electrons. The highest BCUT2D eigenvalue weighted by molar-refractivity contribution is 5.88. The predicted molar refractivity (Wildman–Crippen MR) is 54.0 cm³/mol. The molecule has 1 aromatic heterocycles. The smallest absolute Gasteiger partial charge is 0.335 e. The number of hydrogen-bond acceptors (Lipinski definition) is 4. The van der Waals surface area contributed by atoms with E-state index in [1.54, 1.807) is 0 Å². The molecule has 0 aliphatic carbocycles. The Morgan fingerprint density at radius 3 is 3.00 bits per heavy atom. The van der Waals surface area contributed by atoms with Crippen LogP contribution in [0.4, 0.5) is 5.82 Å². The van der Waals surface area contributed by atoms with Gasteiger partial charge in [0.1, 0.15) is 5.82 Å². The van der Waals surface area contributed by atoms with Gasteiger partial charge in [-0.2, -0.15) is 0 Å². The summed E-state index contributed by atoms with van der Waals surface area (Å²) in [6.07, 6.45) is 1.85. The fraction of sp³-hybridized carbons (Fsp3) is 0.400. The average molecular weight is 208 g/mol. The lowest BCUT2D eigenvalue weighted by molar-refractivity contribution is 0.0697. The van der Waals surface area contributed by atoms with Crippen molar-refractivity contribution in [3.8, 4) is 0 Å². The van der Waals surface area contributed by atoms with Gasteiger partial charge in [-0.25, -0.2) is 9.78 Å². The van der Waals surface area contributed by atoms with Gasteiger partial charge in [0.05, 0.1) is 11.7 Å². The number of aliphatic hydroxyl groups is 1. The van der Waals surface area contributed by atoms with E-state index in [4.69, 9.17) is 5.11 Å². The summed E-state index contributed by atoms with van der Waals surface area (Å²) in [6.45, 7) is 1.24. The number of carboxylic acid groups (broad SMARTS) is 1. The van der Waals surface area contributed by atoms with Crippen molar-refractivity contribution in [1.82, 2.24) is 4.98 Å². The van der Waals surface area contributed by atoms with Crippen molar-refractivity contribution >= 4 is 11.8 Å². The average Bonchev–Trinajstić information content (AvgIpc) is 2.65. The molecule has 5 nitrogen and oxygen atoms in total. The number of hydrogen-bond donors (Lipinski definition) is 2. The Labute approximate surface area is 87.0 Å². The summed E-state index contributed by atoms with van der Waals surface area (Å²) in [5.74, 6) is -0.343. The number of rotatable bonds is 2. The second kappa shape index (κ2) is 3.86. The number of nitrogens with zero attached hydrogens (tertiary/aromatic N) is 2. The Morgan fingerprint density at radius 2 is 2.40 bits per heavy atom. The van der Waals surface area contributed by atoms with E-state index in [2.05, 4.69) is 4.98 Å². The van der Waals surface area contributed by atoms with Gasteiger partial charge in [0, 0.05) is 19.3 Å². The lowest BCUT2D eigenvalue weighted by Crippen LogP contribution is -2.22. The van der Waals surface area contributed by atoms with Crippen LogP contribution in [-0.2, 0) is 0 Å². The minimum absolute atomic E-state index is 0.224. The number of β-amino-alcohol motifs (C(OH)–C–C–N with tert-alkyl or cyclic N) is 1. The molecular formula is C10H12N2O3. The van der Waals surface area contributed by atoms with E-state index in [-0.39, 0.29) is 11.7 Å². The van der Waals surface area contributed by atoms with E-state index in [0.29, 0.717) is 18.8 Å². The molecular weight excluding hydrogens is 196 g/mol. The monoisotopic (exact) mass is 208 g/mol. The van der Waals surface area contributed by atoms with Crippen molar-refractivity contribution < 1.29 is 15.0 Å². The molecule has 1 aliphatic rings. The van der Waals surface area contributed by atoms with E-state index in [1.807, 2.05) is 4.90 Å². The summed E-state index contributed by atoms with van der Waals surface area (Å²) in [5, 5.41) is 18.2. The molecule has 2 rings (SSSR count). The van der Waals surface area contributed by atoms with Crippen LogP contribution in [0.15, 0.2) is 18.3 Å². The minimum Gasteiger partial charge on any atom is -0.478 e. The topological polar surface area (TPSA) is 73.7 Å². The van der Waals surface area contributed by atoms with Crippen LogP contribution in [0.1, 0.15) is 16.8 Å². The molecule has 0 spiro atoms. The highest BCUT2D eigenvalue weighted by Crippen LogP contribution is 2.18. The number of aliphatic hydroxyl groups excluding tert-OH is 1. The highest BCUT2D eigenvalue weighted by atomic mass is 16.4. The molecule has 0 unspecified atom stereocenters. The molecule has 0 bridgehead atoms. The first kappa shape index (κ1) is 9.92. The summed E-state index contributed by atoms with van der Waals surface area (Å²) >= 11 is 0. The normalized spacial score (nSPS) is 20.6. The van der Waals surface area contributed by atoms with Gasteiger partial charge in [-0.05, 0) is 18.6 Å². The second-order valence-corrected chi connectivity index (χ2v) is 3.60. The fourth-order valence-electron chi connectivity index (χ4n) is 1.67. The Balaban J connectivity index is 2.21. The van der Waals surface area contributed by atoms with Gasteiger partial charge >= 0.3 is 5.97 Å². The third-order valence-electron chi connectivity index (χ3n) is 2.48. The van der Waals surface area contributed by atoms with Crippen LogP contribution >= 0.6 is 0 Å². The van der Waals surface area contributed by atoms with Crippen LogP contribution in [0.3, 0.4) is 0 Å². The van der Waals surface area contributed by atoms with Gasteiger partial charge in [-0.3, -0.25) is 0 Å². The predicted octanol–water partition coefficient (Wildman–Crippen LogP) is 0.351. The molecule has 1 fully saturated rings. The summed E-state index contributed by atoms with van der Waals surface area (Å²) in [5.41, 5.74) is 0.224. The number of carbonyl (C=O) groups is 1. The lowest BCUT2D eigenvalue weighted by atomic mass is 10.2. The van der Waals surface area contributed by atoms with Gasteiger partial charge in [0.2, 0.25) is 0 Å². The number of aromatic carboxylic acids is 1. The van der Waals surface area contributed by atoms with Gasteiger partial charge in [-0.1, -0.05) is 0 Å². The Hall–Kier alpha value is -1.62. The molecule has 5 heteroatoms. The van der Waals surface area contributed by atoms with Crippen LogP contribution in [0.2, 0.25) is 0 Å². The summed E-state index contributed by atoms with van der Waals surface area (Å²) in [4.78, 5) is 16.7. The van der Waals surface area contributed by atoms with E-state index < -0.39 is 5.97 Å². The largest absolute Gasteiger partial charge is 0.478 e. The van der Waals surface area contributed by atoms with Crippen molar-refractivity contribution in [3.05, 3.63) is 23.9 Å². The molecule has 15 heavy (non-hydrogen) atoms. The first-order chi connectivity index (χ1) is 7.16. The highest BCUT2D eigenvalue weighted by Gasteiger charge is 2.21.